The van der Waals surface area contributed by atoms with E-state index in [0.717, 1.165) is 4.90 Å². The maximum Gasteiger partial charge on any atom is 0.272 e. The molecule has 0 aliphatic carbocycles. The van der Waals surface area contributed by atoms with E-state index >= 15 is 0 Å². The summed E-state index contributed by atoms with van der Waals surface area (Å²) in [4.78, 5) is 39.6. The third-order valence-corrected chi connectivity index (χ3v) is 6.67. The summed E-state index contributed by atoms with van der Waals surface area (Å²) in [5.41, 5.74) is 1.98. The van der Waals surface area contributed by atoms with Crippen LogP contribution < -0.4 is 15.4 Å². The van der Waals surface area contributed by atoms with Gasteiger partial charge in [0.05, 0.1) is 12.4 Å². The van der Waals surface area contributed by atoms with Crippen LogP contribution in [0.5, 0.6) is 5.75 Å². The molecule has 202 valence electrons. The molecule has 0 aromatic heterocycles. The van der Waals surface area contributed by atoms with Gasteiger partial charge in [0.25, 0.3) is 11.8 Å². The minimum Gasteiger partial charge on any atom is -0.493 e. The Morgan fingerprint density at radius 2 is 1.57 bits per heavy atom. The average Bonchev–Trinajstić information content (AvgIpc) is 2.97. The van der Waals surface area contributed by atoms with E-state index in [1.807, 2.05) is 25.1 Å². The second-order valence-corrected chi connectivity index (χ2v) is 9.60. The predicted molar refractivity (Wildman–Crippen MR) is 156 cm³/mol. The second kappa shape index (κ2) is 13.9. The van der Waals surface area contributed by atoms with E-state index in [0.29, 0.717) is 34.7 Å². The summed E-state index contributed by atoms with van der Waals surface area (Å²) in [7, 11) is 0. The van der Waals surface area contributed by atoms with Crippen molar-refractivity contribution >= 4 is 41.1 Å². The summed E-state index contributed by atoms with van der Waals surface area (Å²) < 4.78 is 18.8. The number of amides is 2. The molecule has 2 N–H and O–H groups in total. The lowest BCUT2D eigenvalue weighted by atomic mass is 10.1. The number of anilines is 1. The molecule has 0 aliphatic heterocycles. The van der Waals surface area contributed by atoms with E-state index in [4.69, 9.17) is 4.74 Å². The molecule has 0 heterocycles. The summed E-state index contributed by atoms with van der Waals surface area (Å²) in [5.74, 6) is -0.771. The van der Waals surface area contributed by atoms with Crippen LogP contribution in [0.15, 0.2) is 114 Å². The van der Waals surface area contributed by atoms with Crippen molar-refractivity contribution in [2.75, 3.05) is 17.7 Å². The van der Waals surface area contributed by atoms with Crippen LogP contribution in [-0.4, -0.2) is 30.0 Å². The SMILES string of the molecule is CCOc1ccccc1/C=C(\NC(=O)c1ccccc1)C(=O)Nc1cccc(SCC(=O)c2ccc(F)cc2)c1. The number of hydrogen-bond donors (Lipinski definition) is 2. The minimum atomic E-state index is -0.528. The molecule has 0 bridgehead atoms. The van der Waals surface area contributed by atoms with Crippen LogP contribution >= 0.6 is 11.8 Å². The molecular weight excluding hydrogens is 527 g/mol. The molecule has 4 rings (SSSR count). The van der Waals surface area contributed by atoms with Gasteiger partial charge in [0.1, 0.15) is 17.3 Å². The van der Waals surface area contributed by atoms with E-state index in [2.05, 4.69) is 10.6 Å². The molecule has 2 amide bonds. The number of para-hydroxylation sites is 1. The van der Waals surface area contributed by atoms with Gasteiger partial charge < -0.3 is 15.4 Å². The van der Waals surface area contributed by atoms with Crippen LogP contribution in [0.4, 0.5) is 10.1 Å². The number of hydrogen-bond acceptors (Lipinski definition) is 5. The van der Waals surface area contributed by atoms with Gasteiger partial charge in [-0.25, -0.2) is 4.39 Å². The van der Waals surface area contributed by atoms with Crippen LogP contribution in [0.2, 0.25) is 0 Å². The van der Waals surface area contributed by atoms with Gasteiger partial charge in [-0.15, -0.1) is 11.8 Å². The van der Waals surface area contributed by atoms with Crippen LogP contribution in [0, 0.1) is 5.82 Å². The molecular formula is C32H27FN2O4S. The standard InChI is InChI=1S/C32H27FN2O4S/c1-2-39-30-14-7-6-11-24(30)19-28(35-31(37)23-9-4-3-5-10-23)32(38)34-26-12-8-13-27(20-26)40-21-29(36)22-15-17-25(33)18-16-22/h3-20H,2,21H2,1H3,(H,34,38)(H,35,37)/b28-19-. The van der Waals surface area contributed by atoms with E-state index in [-0.39, 0.29) is 17.2 Å². The van der Waals surface area contributed by atoms with Crippen molar-refractivity contribution in [1.29, 1.82) is 0 Å². The molecule has 0 aliphatic rings. The molecule has 0 unspecified atom stereocenters. The highest BCUT2D eigenvalue weighted by molar-refractivity contribution is 8.00. The van der Waals surface area contributed by atoms with Crippen LogP contribution in [0.25, 0.3) is 6.08 Å². The Labute approximate surface area is 236 Å². The molecule has 0 atom stereocenters. The van der Waals surface area contributed by atoms with Crippen molar-refractivity contribution < 1.29 is 23.5 Å². The highest BCUT2D eigenvalue weighted by atomic mass is 32.2. The Hall–Kier alpha value is -4.69. The Bertz CT molecular complexity index is 1520. The maximum atomic E-state index is 13.4. The van der Waals surface area contributed by atoms with E-state index in [1.54, 1.807) is 66.7 Å². The van der Waals surface area contributed by atoms with Crippen molar-refractivity contribution in [3.8, 4) is 5.75 Å². The first kappa shape index (κ1) is 28.3. The molecule has 0 fully saturated rings. The lowest BCUT2D eigenvalue weighted by molar-refractivity contribution is -0.113. The lowest BCUT2D eigenvalue weighted by Gasteiger charge is -2.13. The fourth-order valence-corrected chi connectivity index (χ4v) is 4.56. The number of rotatable bonds is 11. The van der Waals surface area contributed by atoms with Crippen LogP contribution in [-0.2, 0) is 4.79 Å². The van der Waals surface area contributed by atoms with E-state index in [9.17, 15) is 18.8 Å². The number of Topliss-reactive ketones (excluding diaryl/α,β-unsaturated/α-hetero) is 1. The number of carbonyl (C=O) groups excluding carboxylic acids is 3. The maximum absolute atomic E-state index is 13.4. The van der Waals surface area contributed by atoms with Gasteiger partial charge in [0.15, 0.2) is 5.78 Å². The number of ketones is 1. The third-order valence-electron chi connectivity index (χ3n) is 5.68. The monoisotopic (exact) mass is 554 g/mol. The highest BCUT2D eigenvalue weighted by Crippen LogP contribution is 2.24. The first-order valence-electron chi connectivity index (χ1n) is 12.6. The summed E-state index contributed by atoms with van der Waals surface area (Å²) in [6.07, 6.45) is 1.57. The van der Waals surface area contributed by atoms with E-state index < -0.39 is 17.6 Å². The molecule has 4 aromatic carbocycles. The van der Waals surface area contributed by atoms with Gasteiger partial charge in [-0.2, -0.15) is 0 Å². The van der Waals surface area contributed by atoms with Crippen molar-refractivity contribution in [2.24, 2.45) is 0 Å². The molecule has 40 heavy (non-hydrogen) atoms. The molecule has 0 radical (unpaired) electrons. The second-order valence-electron chi connectivity index (χ2n) is 8.55. The first-order valence-corrected chi connectivity index (χ1v) is 13.5. The Morgan fingerprint density at radius 3 is 2.33 bits per heavy atom. The Balaban J connectivity index is 1.52. The summed E-state index contributed by atoms with van der Waals surface area (Å²) in [6, 6.07) is 28.3. The van der Waals surface area contributed by atoms with Gasteiger partial charge in [-0.05, 0) is 73.7 Å². The highest BCUT2D eigenvalue weighted by Gasteiger charge is 2.16. The number of thioether (sulfide) groups is 1. The summed E-state index contributed by atoms with van der Waals surface area (Å²) in [6.45, 7) is 2.31. The number of carbonyl (C=O) groups is 3. The minimum absolute atomic E-state index is 0.0329. The fraction of sp³-hybridized carbons (Fsp3) is 0.0938. The average molecular weight is 555 g/mol. The predicted octanol–water partition coefficient (Wildman–Crippen LogP) is 6.61. The molecule has 8 heteroatoms. The quantitative estimate of drug-likeness (QED) is 0.124. The topological polar surface area (TPSA) is 84.5 Å². The number of halogens is 1. The Morgan fingerprint density at radius 1 is 0.850 bits per heavy atom. The molecule has 4 aromatic rings. The normalized spacial score (nSPS) is 11.0. The Kier molecular flexibility index (Phi) is 9.85. The summed E-state index contributed by atoms with van der Waals surface area (Å²) >= 11 is 1.30. The van der Waals surface area contributed by atoms with Crippen molar-refractivity contribution in [1.82, 2.24) is 5.32 Å². The van der Waals surface area contributed by atoms with Gasteiger partial charge >= 0.3 is 0 Å². The van der Waals surface area contributed by atoms with Gasteiger partial charge in [0.2, 0.25) is 0 Å². The zero-order valence-electron chi connectivity index (χ0n) is 21.7. The summed E-state index contributed by atoms with van der Waals surface area (Å²) in [5, 5.41) is 5.56. The largest absolute Gasteiger partial charge is 0.493 e. The van der Waals surface area contributed by atoms with Gasteiger partial charge in [-0.1, -0.05) is 42.5 Å². The van der Waals surface area contributed by atoms with Crippen molar-refractivity contribution in [3.63, 3.8) is 0 Å². The van der Waals surface area contributed by atoms with Crippen molar-refractivity contribution in [3.05, 3.63) is 131 Å². The lowest BCUT2D eigenvalue weighted by Crippen LogP contribution is -2.30. The molecule has 0 saturated heterocycles. The van der Waals surface area contributed by atoms with Crippen molar-refractivity contribution in [2.45, 2.75) is 11.8 Å². The molecule has 0 saturated carbocycles. The third kappa shape index (κ3) is 7.91. The van der Waals surface area contributed by atoms with Gasteiger partial charge in [0, 0.05) is 27.3 Å². The smallest absolute Gasteiger partial charge is 0.272 e. The molecule has 6 nitrogen and oxygen atoms in total. The van der Waals surface area contributed by atoms with E-state index in [1.165, 1.54) is 36.0 Å². The molecule has 0 spiro atoms. The van der Waals surface area contributed by atoms with Crippen LogP contribution in [0.3, 0.4) is 0 Å². The first-order chi connectivity index (χ1) is 19.4. The zero-order valence-corrected chi connectivity index (χ0v) is 22.5. The number of benzene rings is 4. The van der Waals surface area contributed by atoms with Gasteiger partial charge in [-0.3, -0.25) is 14.4 Å². The number of ether oxygens (including phenoxy) is 1. The number of nitrogens with one attached hydrogen (secondary N) is 2. The fourth-order valence-electron chi connectivity index (χ4n) is 3.71. The zero-order chi connectivity index (χ0) is 28.3. The van der Waals surface area contributed by atoms with Crippen LogP contribution in [0.1, 0.15) is 33.2 Å².